The summed E-state index contributed by atoms with van der Waals surface area (Å²) in [6, 6.07) is 5.92. The van der Waals surface area contributed by atoms with Gasteiger partial charge in [-0.15, -0.1) is 0 Å². The lowest BCUT2D eigenvalue weighted by molar-refractivity contribution is -0.350. The minimum absolute atomic E-state index is 0.0505. The Kier molecular flexibility index (Phi) is 4.06. The summed E-state index contributed by atoms with van der Waals surface area (Å²) < 4.78 is 9.73. The Morgan fingerprint density at radius 3 is 2.35 bits per heavy atom. The van der Waals surface area contributed by atoms with Gasteiger partial charge in [-0.3, -0.25) is 0 Å². The zero-order valence-electron chi connectivity index (χ0n) is 11.0. The summed E-state index contributed by atoms with van der Waals surface area (Å²) in [5.74, 6) is -4.57. The molecule has 0 spiro atoms. The molecule has 6 nitrogen and oxygen atoms in total. The number of benzene rings is 1. The second kappa shape index (κ2) is 5.60. The quantitative estimate of drug-likeness (QED) is 0.638. The zero-order valence-corrected chi connectivity index (χ0v) is 11.0. The highest BCUT2D eigenvalue weighted by atomic mass is 16.8. The molecule has 0 saturated carbocycles. The molecular weight excluding hydrogens is 264 g/mol. The van der Waals surface area contributed by atoms with Crippen LogP contribution in [0.2, 0.25) is 0 Å². The number of esters is 2. The van der Waals surface area contributed by atoms with Crippen molar-refractivity contribution in [2.24, 2.45) is 0 Å². The van der Waals surface area contributed by atoms with Crippen LogP contribution in [0.5, 0.6) is 0 Å². The average Bonchev–Trinajstić information content (AvgIpc) is 2.41. The smallest absolute Gasteiger partial charge is 0.363 e. The Hall–Kier alpha value is -1.92. The Labute approximate surface area is 115 Å². The van der Waals surface area contributed by atoms with E-state index in [-0.39, 0.29) is 17.5 Å². The number of cyclic esters (lactones) is 2. The molecule has 0 fully saturated rings. The summed E-state index contributed by atoms with van der Waals surface area (Å²) in [6.07, 6.45) is 0.242. The van der Waals surface area contributed by atoms with Crippen LogP contribution < -0.4 is 0 Å². The number of unbranched alkanes of at least 4 members (excludes halogenated alkanes) is 1. The highest BCUT2D eigenvalue weighted by Crippen LogP contribution is 2.26. The highest BCUT2D eigenvalue weighted by molar-refractivity contribution is 6.03. The first-order valence-corrected chi connectivity index (χ1v) is 6.43. The van der Waals surface area contributed by atoms with Crippen molar-refractivity contribution >= 4 is 11.9 Å². The van der Waals surface area contributed by atoms with Gasteiger partial charge < -0.3 is 19.7 Å². The molecule has 1 heterocycles. The van der Waals surface area contributed by atoms with Crippen LogP contribution in [0.4, 0.5) is 0 Å². The highest BCUT2D eigenvalue weighted by Gasteiger charge is 2.44. The molecule has 0 amide bonds. The van der Waals surface area contributed by atoms with Crippen molar-refractivity contribution in [3.8, 4) is 0 Å². The number of hydrogen-bond acceptors (Lipinski definition) is 6. The second-order valence-corrected chi connectivity index (χ2v) is 4.63. The second-order valence-electron chi connectivity index (χ2n) is 4.63. The molecule has 6 heteroatoms. The largest absolute Gasteiger partial charge is 0.449 e. The van der Waals surface area contributed by atoms with Crippen LogP contribution in [-0.2, 0) is 9.47 Å². The van der Waals surface area contributed by atoms with E-state index in [0.29, 0.717) is 6.42 Å². The minimum Gasteiger partial charge on any atom is -0.449 e. The van der Waals surface area contributed by atoms with E-state index in [1.165, 1.54) is 12.1 Å². The molecule has 0 saturated heterocycles. The Morgan fingerprint density at radius 2 is 1.75 bits per heavy atom. The standard InChI is InChI=1S/C14H16O6/c1-2-3-8-11-14(17,18)20-13(16)10-7-5-4-6-9(10)12(15)19-11/h4-7,11,17-18H,2-3,8H2,1H3. The van der Waals surface area contributed by atoms with Gasteiger partial charge in [0, 0.05) is 0 Å². The zero-order chi connectivity index (χ0) is 14.8. The van der Waals surface area contributed by atoms with Gasteiger partial charge >= 0.3 is 17.9 Å². The predicted octanol–water partition coefficient (Wildman–Crippen LogP) is 1.21. The SMILES string of the molecule is CCCCC1OC(=O)c2ccccc2C(=O)OC1(O)O. The van der Waals surface area contributed by atoms with Crippen molar-refractivity contribution in [3.63, 3.8) is 0 Å². The summed E-state index contributed by atoms with van der Waals surface area (Å²) in [5.41, 5.74) is -0.00610. The molecule has 108 valence electrons. The van der Waals surface area contributed by atoms with E-state index in [0.717, 1.165) is 6.42 Å². The van der Waals surface area contributed by atoms with Crippen LogP contribution >= 0.6 is 0 Å². The summed E-state index contributed by atoms with van der Waals surface area (Å²) in [7, 11) is 0. The van der Waals surface area contributed by atoms with E-state index < -0.39 is 24.0 Å². The van der Waals surface area contributed by atoms with E-state index in [2.05, 4.69) is 4.74 Å². The molecule has 0 aliphatic carbocycles. The monoisotopic (exact) mass is 280 g/mol. The lowest BCUT2D eigenvalue weighted by Crippen LogP contribution is -2.50. The number of aliphatic hydroxyl groups is 2. The molecule has 0 bridgehead atoms. The van der Waals surface area contributed by atoms with Gasteiger partial charge in [-0.25, -0.2) is 9.59 Å². The summed E-state index contributed by atoms with van der Waals surface area (Å²) in [5, 5.41) is 19.6. The molecule has 20 heavy (non-hydrogen) atoms. The first kappa shape index (κ1) is 14.5. The van der Waals surface area contributed by atoms with Crippen molar-refractivity contribution in [1.82, 2.24) is 0 Å². The maximum atomic E-state index is 12.0. The molecule has 0 aromatic heterocycles. The van der Waals surface area contributed by atoms with Gasteiger partial charge in [-0.2, -0.15) is 0 Å². The molecule has 1 aliphatic heterocycles. The minimum atomic E-state index is -2.82. The van der Waals surface area contributed by atoms with Gasteiger partial charge in [0.15, 0.2) is 6.10 Å². The third-order valence-corrected chi connectivity index (χ3v) is 3.10. The van der Waals surface area contributed by atoms with Gasteiger partial charge in [0.1, 0.15) is 0 Å². The Bertz CT molecular complexity index is 522. The maximum Gasteiger partial charge on any atom is 0.363 e. The molecule has 2 rings (SSSR count). The third-order valence-electron chi connectivity index (χ3n) is 3.10. The van der Waals surface area contributed by atoms with Crippen LogP contribution in [0.1, 0.15) is 46.9 Å². The summed E-state index contributed by atoms with van der Waals surface area (Å²) in [4.78, 5) is 23.9. The molecule has 1 aromatic carbocycles. The van der Waals surface area contributed by atoms with Crippen molar-refractivity contribution in [3.05, 3.63) is 35.4 Å². The number of carbonyl (C=O) groups is 2. The normalized spacial score (nSPS) is 21.2. The van der Waals surface area contributed by atoms with E-state index in [9.17, 15) is 19.8 Å². The van der Waals surface area contributed by atoms with E-state index in [4.69, 9.17) is 4.74 Å². The number of carbonyl (C=O) groups excluding carboxylic acids is 2. The first-order valence-electron chi connectivity index (χ1n) is 6.43. The fraction of sp³-hybridized carbons (Fsp3) is 0.429. The Balaban J connectivity index is 2.37. The van der Waals surface area contributed by atoms with Gasteiger partial charge in [0.05, 0.1) is 11.1 Å². The molecule has 2 N–H and O–H groups in total. The van der Waals surface area contributed by atoms with Crippen LogP contribution in [0, 0.1) is 0 Å². The molecule has 1 atom stereocenters. The van der Waals surface area contributed by atoms with Gasteiger partial charge in [0.25, 0.3) is 0 Å². The fourth-order valence-corrected chi connectivity index (χ4v) is 2.00. The van der Waals surface area contributed by atoms with Gasteiger partial charge in [-0.1, -0.05) is 25.5 Å². The maximum absolute atomic E-state index is 12.0. The summed E-state index contributed by atoms with van der Waals surface area (Å²) in [6.45, 7) is 1.91. The van der Waals surface area contributed by atoms with Crippen molar-refractivity contribution < 1.29 is 29.3 Å². The molecule has 1 aromatic rings. The van der Waals surface area contributed by atoms with Crippen LogP contribution in [0.25, 0.3) is 0 Å². The molecule has 0 radical (unpaired) electrons. The topological polar surface area (TPSA) is 93.1 Å². The lowest BCUT2D eigenvalue weighted by Gasteiger charge is -2.31. The first-order chi connectivity index (χ1) is 9.45. The number of hydrogen-bond donors (Lipinski definition) is 2. The van der Waals surface area contributed by atoms with Crippen LogP contribution in [0.15, 0.2) is 24.3 Å². The molecule has 1 unspecified atom stereocenters. The van der Waals surface area contributed by atoms with Gasteiger partial charge in [0.2, 0.25) is 0 Å². The van der Waals surface area contributed by atoms with Crippen molar-refractivity contribution in [2.45, 2.75) is 38.3 Å². The van der Waals surface area contributed by atoms with Crippen molar-refractivity contribution in [2.75, 3.05) is 0 Å². The van der Waals surface area contributed by atoms with E-state index in [1.54, 1.807) is 12.1 Å². The number of fused-ring (bicyclic) bond motifs is 1. The molecular formula is C14H16O6. The molecule has 1 aliphatic rings. The summed E-state index contributed by atoms with van der Waals surface area (Å²) >= 11 is 0. The fourth-order valence-electron chi connectivity index (χ4n) is 2.00. The van der Waals surface area contributed by atoms with Crippen LogP contribution in [0.3, 0.4) is 0 Å². The van der Waals surface area contributed by atoms with E-state index >= 15 is 0 Å². The number of ether oxygens (including phenoxy) is 2. The van der Waals surface area contributed by atoms with Crippen LogP contribution in [-0.4, -0.2) is 34.2 Å². The van der Waals surface area contributed by atoms with Gasteiger partial charge in [-0.05, 0) is 25.0 Å². The van der Waals surface area contributed by atoms with Crippen molar-refractivity contribution in [1.29, 1.82) is 0 Å². The average molecular weight is 280 g/mol. The Morgan fingerprint density at radius 1 is 1.15 bits per heavy atom. The third kappa shape index (κ3) is 2.81. The predicted molar refractivity (Wildman–Crippen MR) is 67.8 cm³/mol. The number of rotatable bonds is 3. The van der Waals surface area contributed by atoms with E-state index in [1.807, 2.05) is 6.92 Å². The lowest BCUT2D eigenvalue weighted by atomic mass is 10.1.